The van der Waals surface area contributed by atoms with Crippen molar-refractivity contribution in [3.05, 3.63) is 90.3 Å². The fourth-order valence-electron chi connectivity index (χ4n) is 3.41. The second-order valence-electron chi connectivity index (χ2n) is 6.76. The SMILES string of the molecule is O=C(c1ccncc1)N1CCN(C(=O)c2ccc(-c3ccccc3)cc2)CC1. The molecular formula is C23H21N3O2. The van der Waals surface area contributed by atoms with Crippen molar-refractivity contribution < 1.29 is 9.59 Å². The first kappa shape index (κ1) is 17.9. The van der Waals surface area contributed by atoms with Crippen LogP contribution in [0.3, 0.4) is 0 Å². The molecule has 2 heterocycles. The Kier molecular flexibility index (Phi) is 5.15. The van der Waals surface area contributed by atoms with Gasteiger partial charge in [-0.2, -0.15) is 0 Å². The average Bonchev–Trinajstić information content (AvgIpc) is 2.79. The van der Waals surface area contributed by atoms with Gasteiger partial charge in [0.25, 0.3) is 11.8 Å². The minimum absolute atomic E-state index is 0.00983. The second kappa shape index (κ2) is 8.05. The normalized spacial score (nSPS) is 14.0. The molecule has 0 aliphatic carbocycles. The number of hydrogen-bond acceptors (Lipinski definition) is 3. The minimum Gasteiger partial charge on any atom is -0.335 e. The van der Waals surface area contributed by atoms with Gasteiger partial charge < -0.3 is 9.80 Å². The van der Waals surface area contributed by atoms with E-state index in [1.165, 1.54) is 0 Å². The smallest absolute Gasteiger partial charge is 0.254 e. The Bertz CT molecular complexity index is 948. The van der Waals surface area contributed by atoms with E-state index >= 15 is 0 Å². The molecule has 0 unspecified atom stereocenters. The van der Waals surface area contributed by atoms with Gasteiger partial charge in [0, 0.05) is 49.7 Å². The molecule has 5 nitrogen and oxygen atoms in total. The van der Waals surface area contributed by atoms with Crippen LogP contribution >= 0.6 is 0 Å². The molecule has 0 radical (unpaired) electrons. The molecule has 1 saturated heterocycles. The van der Waals surface area contributed by atoms with Gasteiger partial charge in [-0.1, -0.05) is 42.5 Å². The number of amides is 2. The van der Waals surface area contributed by atoms with E-state index in [0.717, 1.165) is 11.1 Å². The van der Waals surface area contributed by atoms with Crippen LogP contribution < -0.4 is 0 Å². The molecule has 2 aromatic carbocycles. The fraction of sp³-hybridized carbons (Fsp3) is 0.174. The zero-order valence-corrected chi connectivity index (χ0v) is 15.5. The van der Waals surface area contributed by atoms with Crippen LogP contribution in [0.2, 0.25) is 0 Å². The topological polar surface area (TPSA) is 53.5 Å². The lowest BCUT2D eigenvalue weighted by molar-refractivity contribution is 0.0535. The first-order valence-corrected chi connectivity index (χ1v) is 9.36. The van der Waals surface area contributed by atoms with Gasteiger partial charge in [-0.05, 0) is 35.4 Å². The fourth-order valence-corrected chi connectivity index (χ4v) is 3.41. The van der Waals surface area contributed by atoms with Crippen LogP contribution in [-0.4, -0.2) is 52.8 Å². The van der Waals surface area contributed by atoms with Gasteiger partial charge in [0.2, 0.25) is 0 Å². The summed E-state index contributed by atoms with van der Waals surface area (Å²) >= 11 is 0. The Hall–Kier alpha value is -3.47. The number of pyridine rings is 1. The van der Waals surface area contributed by atoms with Crippen molar-refractivity contribution >= 4 is 11.8 Å². The van der Waals surface area contributed by atoms with E-state index < -0.39 is 0 Å². The molecule has 2 amide bonds. The number of piperazine rings is 1. The van der Waals surface area contributed by atoms with Crippen LogP contribution in [-0.2, 0) is 0 Å². The number of rotatable bonds is 3. The molecule has 0 bridgehead atoms. The first-order valence-electron chi connectivity index (χ1n) is 9.36. The van der Waals surface area contributed by atoms with E-state index in [4.69, 9.17) is 0 Å². The van der Waals surface area contributed by atoms with Crippen molar-refractivity contribution in [2.24, 2.45) is 0 Å². The highest BCUT2D eigenvalue weighted by molar-refractivity contribution is 5.96. The van der Waals surface area contributed by atoms with Gasteiger partial charge in [-0.3, -0.25) is 14.6 Å². The molecule has 0 spiro atoms. The van der Waals surface area contributed by atoms with Gasteiger partial charge in [0.15, 0.2) is 0 Å². The third kappa shape index (κ3) is 3.78. The summed E-state index contributed by atoms with van der Waals surface area (Å²) in [6.07, 6.45) is 3.23. The standard InChI is InChI=1S/C23H21N3O2/c27-22(20-8-6-19(7-9-20)18-4-2-1-3-5-18)25-14-16-26(17-15-25)23(28)21-10-12-24-13-11-21/h1-13H,14-17H2. The van der Waals surface area contributed by atoms with Crippen LogP contribution in [0.4, 0.5) is 0 Å². The molecule has 1 aliphatic rings. The molecule has 1 fully saturated rings. The molecule has 28 heavy (non-hydrogen) atoms. The molecule has 1 aromatic heterocycles. The van der Waals surface area contributed by atoms with Crippen molar-refractivity contribution in [2.45, 2.75) is 0 Å². The molecule has 1 aliphatic heterocycles. The summed E-state index contributed by atoms with van der Waals surface area (Å²) in [5, 5.41) is 0. The number of aromatic nitrogens is 1. The van der Waals surface area contributed by atoms with Gasteiger partial charge >= 0.3 is 0 Å². The second-order valence-corrected chi connectivity index (χ2v) is 6.76. The number of benzene rings is 2. The average molecular weight is 371 g/mol. The maximum absolute atomic E-state index is 12.8. The Balaban J connectivity index is 1.38. The molecule has 3 aromatic rings. The van der Waals surface area contributed by atoms with Gasteiger partial charge in [0.05, 0.1) is 0 Å². The lowest BCUT2D eigenvalue weighted by atomic mass is 10.0. The van der Waals surface area contributed by atoms with Crippen LogP contribution in [0.15, 0.2) is 79.1 Å². The Labute approximate surface area is 164 Å². The molecule has 0 saturated carbocycles. The van der Waals surface area contributed by atoms with Crippen LogP contribution in [0.5, 0.6) is 0 Å². The Morgan fingerprint density at radius 3 is 1.61 bits per heavy atom. The van der Waals surface area contributed by atoms with E-state index in [2.05, 4.69) is 17.1 Å². The predicted molar refractivity (Wildman–Crippen MR) is 108 cm³/mol. The van der Waals surface area contributed by atoms with Crippen LogP contribution in [0.25, 0.3) is 11.1 Å². The largest absolute Gasteiger partial charge is 0.335 e. The van der Waals surface area contributed by atoms with Crippen LogP contribution in [0.1, 0.15) is 20.7 Å². The zero-order valence-electron chi connectivity index (χ0n) is 15.5. The summed E-state index contributed by atoms with van der Waals surface area (Å²) in [5.41, 5.74) is 3.52. The van der Waals surface area contributed by atoms with Crippen molar-refractivity contribution in [1.82, 2.24) is 14.8 Å². The van der Waals surface area contributed by atoms with Crippen molar-refractivity contribution in [1.29, 1.82) is 0 Å². The Morgan fingerprint density at radius 2 is 1.07 bits per heavy atom. The monoisotopic (exact) mass is 371 g/mol. The third-order valence-corrected chi connectivity index (χ3v) is 5.02. The number of nitrogens with zero attached hydrogens (tertiary/aromatic N) is 3. The minimum atomic E-state index is -0.0123. The Morgan fingerprint density at radius 1 is 0.607 bits per heavy atom. The summed E-state index contributed by atoms with van der Waals surface area (Å²) in [4.78, 5) is 32.9. The van der Waals surface area contributed by atoms with E-state index in [1.54, 1.807) is 29.4 Å². The third-order valence-electron chi connectivity index (χ3n) is 5.02. The van der Waals surface area contributed by atoms with E-state index in [-0.39, 0.29) is 11.8 Å². The molecule has 0 N–H and O–H groups in total. The van der Waals surface area contributed by atoms with E-state index in [1.807, 2.05) is 47.4 Å². The maximum atomic E-state index is 12.8. The lowest BCUT2D eigenvalue weighted by Crippen LogP contribution is -2.50. The number of carbonyl (C=O) groups is 2. The highest BCUT2D eigenvalue weighted by Gasteiger charge is 2.25. The summed E-state index contributed by atoms with van der Waals surface area (Å²) < 4.78 is 0. The summed E-state index contributed by atoms with van der Waals surface area (Å²) in [7, 11) is 0. The van der Waals surface area contributed by atoms with Crippen molar-refractivity contribution in [3.8, 4) is 11.1 Å². The van der Waals surface area contributed by atoms with Crippen LogP contribution in [0, 0.1) is 0 Å². The van der Waals surface area contributed by atoms with Crippen molar-refractivity contribution in [2.75, 3.05) is 26.2 Å². The first-order chi connectivity index (χ1) is 13.7. The highest BCUT2D eigenvalue weighted by atomic mass is 16.2. The highest BCUT2D eigenvalue weighted by Crippen LogP contribution is 2.20. The number of hydrogen-bond donors (Lipinski definition) is 0. The van der Waals surface area contributed by atoms with Crippen molar-refractivity contribution in [3.63, 3.8) is 0 Å². The molecule has 0 atom stereocenters. The van der Waals surface area contributed by atoms with E-state index in [0.29, 0.717) is 37.3 Å². The lowest BCUT2D eigenvalue weighted by Gasteiger charge is -2.34. The molecule has 5 heteroatoms. The van der Waals surface area contributed by atoms with Gasteiger partial charge in [-0.25, -0.2) is 0 Å². The quantitative estimate of drug-likeness (QED) is 0.709. The van der Waals surface area contributed by atoms with Gasteiger partial charge in [-0.15, -0.1) is 0 Å². The molecule has 4 rings (SSSR count). The summed E-state index contributed by atoms with van der Waals surface area (Å²) in [5.74, 6) is -0.00247. The predicted octanol–water partition coefficient (Wildman–Crippen LogP) is 3.35. The van der Waals surface area contributed by atoms with Gasteiger partial charge in [0.1, 0.15) is 0 Å². The maximum Gasteiger partial charge on any atom is 0.254 e. The van der Waals surface area contributed by atoms with E-state index in [9.17, 15) is 9.59 Å². The molecule has 140 valence electrons. The number of carbonyl (C=O) groups excluding carboxylic acids is 2. The summed E-state index contributed by atoms with van der Waals surface area (Å²) in [6.45, 7) is 2.15. The summed E-state index contributed by atoms with van der Waals surface area (Å²) in [6, 6.07) is 21.2. The molecular weight excluding hydrogens is 350 g/mol. The zero-order chi connectivity index (χ0) is 19.3.